The molecule has 0 radical (unpaired) electrons. The average molecular weight is 611 g/mol. The second kappa shape index (κ2) is 13.1. The number of fused-ring (bicyclic) bond motifs is 1. The summed E-state index contributed by atoms with van der Waals surface area (Å²) in [6.45, 7) is 15.5. The minimum absolute atomic E-state index is 0.0547. The van der Waals surface area contributed by atoms with Crippen LogP contribution in [0.15, 0.2) is 47.7 Å². The van der Waals surface area contributed by atoms with Gasteiger partial charge in [-0.3, -0.25) is 15.4 Å². The van der Waals surface area contributed by atoms with Crippen molar-refractivity contribution in [2.45, 2.75) is 85.5 Å². The number of hydrogen-bond acceptors (Lipinski definition) is 11. The summed E-state index contributed by atoms with van der Waals surface area (Å²) in [4.78, 5) is 58.4. The molecule has 0 spiro atoms. The van der Waals surface area contributed by atoms with Crippen molar-refractivity contribution in [1.29, 1.82) is 0 Å². The maximum absolute atomic E-state index is 13.0. The van der Waals surface area contributed by atoms with E-state index in [1.165, 1.54) is 41.2 Å². The van der Waals surface area contributed by atoms with E-state index in [0.717, 1.165) is 0 Å². The summed E-state index contributed by atoms with van der Waals surface area (Å²) in [6.07, 6.45) is -0.457. The van der Waals surface area contributed by atoms with Crippen LogP contribution >= 0.6 is 0 Å². The third kappa shape index (κ3) is 10.7. The molecule has 0 bridgehead atoms. The van der Waals surface area contributed by atoms with Crippen LogP contribution < -0.4 is 15.4 Å². The Morgan fingerprint density at radius 3 is 1.84 bits per heavy atom. The molecule has 236 valence electrons. The van der Waals surface area contributed by atoms with Crippen LogP contribution in [-0.4, -0.2) is 61.5 Å². The Morgan fingerprint density at radius 2 is 1.32 bits per heavy atom. The van der Waals surface area contributed by atoms with E-state index in [0.29, 0.717) is 5.69 Å². The van der Waals surface area contributed by atoms with Crippen LogP contribution in [0.4, 0.5) is 15.3 Å². The van der Waals surface area contributed by atoms with E-state index < -0.39 is 40.9 Å². The molecule has 2 aromatic heterocycles. The first-order valence-corrected chi connectivity index (χ1v) is 13.7. The molecule has 0 aliphatic rings. The molecule has 0 atom stereocenters. The van der Waals surface area contributed by atoms with Crippen molar-refractivity contribution >= 4 is 41.4 Å². The van der Waals surface area contributed by atoms with Gasteiger partial charge in [0.25, 0.3) is 0 Å². The predicted molar refractivity (Wildman–Crippen MR) is 160 cm³/mol. The van der Waals surface area contributed by atoms with E-state index in [1.54, 1.807) is 68.4 Å². The highest BCUT2D eigenvalue weighted by atomic mass is 16.6. The van der Waals surface area contributed by atoms with Gasteiger partial charge < -0.3 is 18.9 Å². The SMILES string of the molecule is CC(C)(C)OC(=O)Cc1ccc(OC(=O)c2ccc(N=C(NC(=O)OC(C)(C)C)NC(=O)OC(C)(C)C)cc2)c2ncnn12. The molecule has 2 N–H and O–H groups in total. The largest absolute Gasteiger partial charge is 0.460 e. The highest BCUT2D eigenvalue weighted by molar-refractivity contribution is 6.02. The van der Waals surface area contributed by atoms with Gasteiger partial charge in [-0.1, -0.05) is 0 Å². The predicted octanol–water partition coefficient (Wildman–Crippen LogP) is 4.87. The molecule has 0 aliphatic carbocycles. The highest BCUT2D eigenvalue weighted by Gasteiger charge is 2.22. The normalized spacial score (nSPS) is 11.8. The monoisotopic (exact) mass is 610 g/mol. The van der Waals surface area contributed by atoms with Gasteiger partial charge in [0.2, 0.25) is 5.96 Å². The average Bonchev–Trinajstić information content (AvgIpc) is 3.33. The van der Waals surface area contributed by atoms with E-state index in [-0.39, 0.29) is 35.0 Å². The summed E-state index contributed by atoms with van der Waals surface area (Å²) < 4.78 is 22.8. The first-order chi connectivity index (χ1) is 20.3. The summed E-state index contributed by atoms with van der Waals surface area (Å²) in [7, 11) is 0. The molecule has 0 aliphatic heterocycles. The van der Waals surface area contributed by atoms with Crippen LogP contribution in [0.25, 0.3) is 5.65 Å². The second-order valence-corrected chi connectivity index (χ2v) is 12.6. The number of amides is 2. The molecular weight excluding hydrogens is 572 g/mol. The van der Waals surface area contributed by atoms with Gasteiger partial charge in [-0.05, 0) is 98.7 Å². The fourth-order valence-corrected chi connectivity index (χ4v) is 3.52. The molecule has 2 amide bonds. The fourth-order valence-electron chi connectivity index (χ4n) is 3.52. The zero-order valence-corrected chi connectivity index (χ0v) is 26.3. The minimum atomic E-state index is -0.843. The Balaban J connectivity index is 1.77. The smallest absolute Gasteiger partial charge is 0.414 e. The molecule has 0 saturated carbocycles. The van der Waals surface area contributed by atoms with Crippen molar-refractivity contribution in [3.63, 3.8) is 0 Å². The summed E-state index contributed by atoms with van der Waals surface area (Å²) in [5.41, 5.74) is -1.01. The van der Waals surface area contributed by atoms with Crippen LogP contribution in [-0.2, 0) is 25.4 Å². The van der Waals surface area contributed by atoms with Crippen LogP contribution in [0.3, 0.4) is 0 Å². The van der Waals surface area contributed by atoms with E-state index in [2.05, 4.69) is 25.7 Å². The fraction of sp³-hybridized carbons (Fsp3) is 0.433. The number of hydrogen-bond donors (Lipinski definition) is 2. The number of nitrogens with zero attached hydrogens (tertiary/aromatic N) is 4. The zero-order valence-electron chi connectivity index (χ0n) is 26.3. The topological polar surface area (TPSA) is 172 Å². The Labute approximate surface area is 255 Å². The highest BCUT2D eigenvalue weighted by Crippen LogP contribution is 2.22. The first-order valence-electron chi connectivity index (χ1n) is 13.7. The number of carbonyl (C=O) groups is 4. The molecule has 14 nitrogen and oxygen atoms in total. The van der Waals surface area contributed by atoms with Gasteiger partial charge in [-0.2, -0.15) is 5.10 Å². The molecule has 0 saturated heterocycles. The molecule has 1 aromatic carbocycles. The van der Waals surface area contributed by atoms with Crippen molar-refractivity contribution < 1.29 is 38.1 Å². The number of benzene rings is 1. The molecule has 14 heteroatoms. The lowest BCUT2D eigenvalue weighted by Gasteiger charge is -2.22. The number of alkyl carbamates (subject to hydrolysis) is 2. The molecule has 0 unspecified atom stereocenters. The van der Waals surface area contributed by atoms with Gasteiger partial charge in [0.05, 0.1) is 23.4 Å². The van der Waals surface area contributed by atoms with Gasteiger partial charge in [-0.15, -0.1) is 0 Å². The number of guanidine groups is 1. The van der Waals surface area contributed by atoms with Gasteiger partial charge in [0, 0.05) is 0 Å². The van der Waals surface area contributed by atoms with Crippen molar-refractivity contribution in [1.82, 2.24) is 25.2 Å². The Morgan fingerprint density at radius 1 is 0.773 bits per heavy atom. The number of esters is 2. The lowest BCUT2D eigenvalue weighted by molar-refractivity contribution is -0.154. The molecular formula is C30H38N6O8. The van der Waals surface area contributed by atoms with Gasteiger partial charge in [-0.25, -0.2) is 28.9 Å². The van der Waals surface area contributed by atoms with Crippen molar-refractivity contribution in [2.24, 2.45) is 4.99 Å². The number of aromatic nitrogens is 3. The Kier molecular flexibility index (Phi) is 9.97. The van der Waals surface area contributed by atoms with E-state index in [9.17, 15) is 19.2 Å². The van der Waals surface area contributed by atoms with Crippen molar-refractivity contribution in [3.8, 4) is 5.75 Å². The van der Waals surface area contributed by atoms with Gasteiger partial charge in [0.1, 0.15) is 23.1 Å². The summed E-state index contributed by atoms with van der Waals surface area (Å²) in [6, 6.07) is 9.01. The van der Waals surface area contributed by atoms with Crippen LogP contribution in [0.2, 0.25) is 0 Å². The van der Waals surface area contributed by atoms with Crippen molar-refractivity contribution in [3.05, 3.63) is 54.0 Å². The Bertz CT molecular complexity index is 1530. The summed E-state index contributed by atoms with van der Waals surface area (Å²) >= 11 is 0. The second-order valence-electron chi connectivity index (χ2n) is 12.6. The van der Waals surface area contributed by atoms with E-state index >= 15 is 0 Å². The van der Waals surface area contributed by atoms with Crippen LogP contribution in [0.1, 0.15) is 78.4 Å². The summed E-state index contributed by atoms with van der Waals surface area (Å²) in [5, 5.41) is 8.93. The number of aliphatic imine (C=N–C) groups is 1. The first kappa shape index (κ1) is 33.5. The zero-order chi connectivity index (χ0) is 32.9. The third-order valence-corrected chi connectivity index (χ3v) is 5.00. The van der Waals surface area contributed by atoms with Gasteiger partial charge in [0.15, 0.2) is 11.4 Å². The lowest BCUT2D eigenvalue weighted by Crippen LogP contribution is -2.47. The maximum atomic E-state index is 13.0. The number of ether oxygens (including phenoxy) is 4. The molecule has 3 rings (SSSR count). The maximum Gasteiger partial charge on any atom is 0.414 e. The standard InChI is InChI=1S/C30H38N6O8/c1-28(2,3)42-22(37)16-20-14-15-21(23-31-17-32-36(20)23)41-24(38)18-10-12-19(13-11-18)33-25(34-26(39)43-29(4,5)6)35-27(40)44-30(7,8)9/h10-15,17H,16H2,1-9H3,(H2,33,34,35,39,40). The van der Waals surface area contributed by atoms with Crippen LogP contribution in [0.5, 0.6) is 5.75 Å². The molecule has 2 heterocycles. The van der Waals surface area contributed by atoms with E-state index in [1.807, 2.05) is 0 Å². The number of pyridine rings is 1. The van der Waals surface area contributed by atoms with Crippen molar-refractivity contribution in [2.75, 3.05) is 0 Å². The van der Waals surface area contributed by atoms with Crippen LogP contribution in [0, 0.1) is 0 Å². The number of nitrogens with one attached hydrogen (secondary N) is 2. The molecule has 3 aromatic rings. The van der Waals surface area contributed by atoms with Gasteiger partial charge >= 0.3 is 24.1 Å². The Hall–Kier alpha value is -5.01. The van der Waals surface area contributed by atoms with E-state index in [4.69, 9.17) is 18.9 Å². The third-order valence-electron chi connectivity index (χ3n) is 5.00. The molecule has 44 heavy (non-hydrogen) atoms. The molecule has 0 fully saturated rings. The quantitative estimate of drug-likeness (QED) is 0.176. The lowest BCUT2D eigenvalue weighted by atomic mass is 10.2. The minimum Gasteiger partial charge on any atom is -0.460 e. The number of rotatable bonds is 5. The number of carbonyl (C=O) groups excluding carboxylic acids is 4. The summed E-state index contributed by atoms with van der Waals surface area (Å²) in [5.74, 6) is -1.24.